The molecule has 3 rings (SSSR count). The summed E-state index contributed by atoms with van der Waals surface area (Å²) >= 11 is 0. The molecule has 1 N–H and O–H groups in total. The molecule has 0 radical (unpaired) electrons. The van der Waals surface area contributed by atoms with Crippen LogP contribution in [0.5, 0.6) is 0 Å². The maximum absolute atomic E-state index is 13.0. The molecule has 1 aromatic heterocycles. The van der Waals surface area contributed by atoms with Crippen molar-refractivity contribution in [3.8, 4) is 0 Å². The van der Waals surface area contributed by atoms with Crippen molar-refractivity contribution in [1.82, 2.24) is 20.1 Å². The zero-order valence-electron chi connectivity index (χ0n) is 15.4. The fourth-order valence-electron chi connectivity index (χ4n) is 4.45. The molecule has 5 heteroatoms. The first-order chi connectivity index (χ1) is 11.4. The van der Waals surface area contributed by atoms with Crippen LogP contribution in [0.1, 0.15) is 36.2 Å². The van der Waals surface area contributed by atoms with Crippen LogP contribution in [0.4, 0.5) is 0 Å². The normalized spacial score (nSPS) is 23.6. The van der Waals surface area contributed by atoms with Gasteiger partial charge in [0.1, 0.15) is 0 Å². The Hall–Kier alpha value is -1.46. The minimum absolute atomic E-state index is 0.0130. The van der Waals surface area contributed by atoms with Crippen molar-refractivity contribution in [2.24, 2.45) is 5.41 Å². The van der Waals surface area contributed by atoms with E-state index in [0.717, 1.165) is 37.4 Å². The van der Waals surface area contributed by atoms with Crippen molar-refractivity contribution in [2.45, 2.75) is 45.7 Å². The second-order valence-corrected chi connectivity index (χ2v) is 7.86. The summed E-state index contributed by atoms with van der Waals surface area (Å²) in [6, 6.07) is 4.15. The molecule has 0 saturated carbocycles. The Balaban J connectivity index is 1.67. The second-order valence-electron chi connectivity index (χ2n) is 7.86. The quantitative estimate of drug-likeness (QED) is 0.917. The summed E-state index contributed by atoms with van der Waals surface area (Å²) in [6.45, 7) is 7.87. The lowest BCUT2D eigenvalue weighted by Crippen LogP contribution is -2.42. The molecule has 0 aliphatic carbocycles. The number of carbonyl (C=O) groups is 1. The Morgan fingerprint density at radius 1 is 1.38 bits per heavy atom. The van der Waals surface area contributed by atoms with E-state index < -0.39 is 0 Å². The molecule has 2 aliphatic rings. The number of nitrogens with one attached hydrogen (secondary N) is 1. The van der Waals surface area contributed by atoms with Gasteiger partial charge >= 0.3 is 0 Å². The number of piperidine rings is 1. The molecule has 3 heterocycles. The average Bonchev–Trinajstić information content (AvgIpc) is 2.82. The largest absolute Gasteiger partial charge is 0.338 e. The zero-order chi connectivity index (χ0) is 17.3. The molecule has 132 valence electrons. The van der Waals surface area contributed by atoms with Gasteiger partial charge in [-0.3, -0.25) is 14.7 Å². The van der Waals surface area contributed by atoms with E-state index in [-0.39, 0.29) is 11.9 Å². The van der Waals surface area contributed by atoms with E-state index in [1.807, 2.05) is 18.9 Å². The van der Waals surface area contributed by atoms with Crippen LogP contribution < -0.4 is 5.32 Å². The molecule has 1 amide bonds. The minimum atomic E-state index is 0.0130. The second kappa shape index (κ2) is 6.81. The van der Waals surface area contributed by atoms with Crippen LogP contribution in [0.15, 0.2) is 12.1 Å². The third-order valence-corrected chi connectivity index (χ3v) is 5.62. The molecule has 1 spiro atoms. The van der Waals surface area contributed by atoms with Crippen molar-refractivity contribution >= 4 is 5.91 Å². The van der Waals surface area contributed by atoms with Crippen LogP contribution in [-0.2, 0) is 11.3 Å². The van der Waals surface area contributed by atoms with Crippen molar-refractivity contribution in [3.63, 3.8) is 0 Å². The number of likely N-dealkylation sites (tertiary alicyclic amines) is 1. The van der Waals surface area contributed by atoms with E-state index in [9.17, 15) is 4.79 Å². The summed E-state index contributed by atoms with van der Waals surface area (Å²) in [4.78, 5) is 21.7. The lowest BCUT2D eigenvalue weighted by atomic mass is 9.77. The van der Waals surface area contributed by atoms with Gasteiger partial charge in [-0.1, -0.05) is 0 Å². The standard InChI is InChI=1S/C19H30N4O/c1-14-9-15(2)21-16(10-14)12-22(3)18(24)17-11-19(13-23(17)4)5-7-20-8-6-19/h9-10,17,20H,5-8,11-13H2,1-4H3/t17-/m0/s1. The molecule has 1 atom stereocenters. The van der Waals surface area contributed by atoms with Gasteiger partial charge in [-0.05, 0) is 76.4 Å². The molecule has 2 fully saturated rings. The Morgan fingerprint density at radius 2 is 2.08 bits per heavy atom. The van der Waals surface area contributed by atoms with Gasteiger partial charge in [0.25, 0.3) is 0 Å². The average molecular weight is 330 g/mol. The van der Waals surface area contributed by atoms with E-state index in [4.69, 9.17) is 0 Å². The maximum atomic E-state index is 13.0. The predicted octanol–water partition coefficient (Wildman–Crippen LogP) is 1.73. The van der Waals surface area contributed by atoms with Crippen molar-refractivity contribution in [2.75, 3.05) is 33.7 Å². The molecule has 0 unspecified atom stereocenters. The lowest BCUT2D eigenvalue weighted by Gasteiger charge is -2.33. The highest BCUT2D eigenvalue weighted by Crippen LogP contribution is 2.41. The van der Waals surface area contributed by atoms with Crippen LogP contribution in [0.2, 0.25) is 0 Å². The number of rotatable bonds is 3. The number of aryl methyl sites for hydroxylation is 2. The highest BCUT2D eigenvalue weighted by atomic mass is 16.2. The van der Waals surface area contributed by atoms with E-state index in [2.05, 4.69) is 41.3 Å². The molecule has 0 bridgehead atoms. The van der Waals surface area contributed by atoms with E-state index in [1.165, 1.54) is 18.4 Å². The highest BCUT2D eigenvalue weighted by Gasteiger charge is 2.46. The van der Waals surface area contributed by atoms with Gasteiger partial charge in [-0.25, -0.2) is 0 Å². The van der Waals surface area contributed by atoms with E-state index in [1.54, 1.807) is 0 Å². The first-order valence-corrected chi connectivity index (χ1v) is 8.99. The van der Waals surface area contributed by atoms with Gasteiger partial charge in [0.15, 0.2) is 0 Å². The van der Waals surface area contributed by atoms with Gasteiger partial charge < -0.3 is 10.2 Å². The number of carbonyl (C=O) groups excluding carboxylic acids is 1. The SMILES string of the molecule is Cc1cc(C)nc(CN(C)C(=O)[C@@H]2CC3(CCNCC3)CN2C)c1. The maximum Gasteiger partial charge on any atom is 0.240 e. The van der Waals surface area contributed by atoms with Crippen molar-refractivity contribution in [3.05, 3.63) is 29.1 Å². The predicted molar refractivity (Wildman–Crippen MR) is 95.8 cm³/mol. The van der Waals surface area contributed by atoms with E-state index >= 15 is 0 Å². The fraction of sp³-hybridized carbons (Fsp3) is 0.684. The molecule has 5 nitrogen and oxygen atoms in total. The first-order valence-electron chi connectivity index (χ1n) is 8.99. The zero-order valence-corrected chi connectivity index (χ0v) is 15.4. The summed E-state index contributed by atoms with van der Waals surface area (Å²) < 4.78 is 0. The molecule has 0 aromatic carbocycles. The van der Waals surface area contributed by atoms with Crippen molar-refractivity contribution in [1.29, 1.82) is 0 Å². The Kier molecular flexibility index (Phi) is 4.92. The van der Waals surface area contributed by atoms with Gasteiger partial charge in [-0.2, -0.15) is 0 Å². The van der Waals surface area contributed by atoms with Gasteiger partial charge in [0.05, 0.1) is 18.3 Å². The summed E-state index contributed by atoms with van der Waals surface area (Å²) in [6.07, 6.45) is 3.36. The Morgan fingerprint density at radius 3 is 2.75 bits per heavy atom. The number of amides is 1. The number of aromatic nitrogens is 1. The van der Waals surface area contributed by atoms with Gasteiger partial charge in [0, 0.05) is 19.3 Å². The topological polar surface area (TPSA) is 48.5 Å². The van der Waals surface area contributed by atoms with Crippen LogP contribution in [-0.4, -0.2) is 60.5 Å². The fourth-order valence-corrected chi connectivity index (χ4v) is 4.45. The summed E-state index contributed by atoms with van der Waals surface area (Å²) in [5.74, 6) is 0.230. The number of likely N-dealkylation sites (N-methyl/N-ethyl adjacent to an activating group) is 2. The molecule has 1 aromatic rings. The number of hydrogen-bond acceptors (Lipinski definition) is 4. The molecule has 24 heavy (non-hydrogen) atoms. The number of nitrogens with zero attached hydrogens (tertiary/aromatic N) is 3. The first kappa shape index (κ1) is 17.4. The molecular formula is C19H30N4O. The smallest absolute Gasteiger partial charge is 0.240 e. The monoisotopic (exact) mass is 330 g/mol. The number of hydrogen-bond donors (Lipinski definition) is 1. The van der Waals surface area contributed by atoms with E-state index in [0.29, 0.717) is 12.0 Å². The van der Waals surface area contributed by atoms with Crippen LogP contribution >= 0.6 is 0 Å². The van der Waals surface area contributed by atoms with Crippen LogP contribution in [0, 0.1) is 19.3 Å². The summed E-state index contributed by atoms with van der Waals surface area (Å²) in [7, 11) is 4.01. The summed E-state index contributed by atoms with van der Waals surface area (Å²) in [5.41, 5.74) is 3.52. The Bertz CT molecular complexity index is 589. The van der Waals surface area contributed by atoms with Crippen LogP contribution in [0.25, 0.3) is 0 Å². The Labute approximate surface area is 145 Å². The van der Waals surface area contributed by atoms with Gasteiger partial charge in [-0.15, -0.1) is 0 Å². The van der Waals surface area contributed by atoms with Crippen LogP contribution in [0.3, 0.4) is 0 Å². The molecule has 2 saturated heterocycles. The minimum Gasteiger partial charge on any atom is -0.338 e. The van der Waals surface area contributed by atoms with Crippen molar-refractivity contribution < 1.29 is 4.79 Å². The highest BCUT2D eigenvalue weighted by molar-refractivity contribution is 5.82. The van der Waals surface area contributed by atoms with Gasteiger partial charge in [0.2, 0.25) is 5.91 Å². The molecule has 2 aliphatic heterocycles. The number of pyridine rings is 1. The molecular weight excluding hydrogens is 300 g/mol. The summed E-state index contributed by atoms with van der Waals surface area (Å²) in [5, 5.41) is 3.44. The third-order valence-electron chi connectivity index (χ3n) is 5.62. The lowest BCUT2D eigenvalue weighted by molar-refractivity contribution is -0.134. The third kappa shape index (κ3) is 3.62.